The minimum atomic E-state index is -1.21. The zero-order valence-corrected chi connectivity index (χ0v) is 50.1. The van der Waals surface area contributed by atoms with E-state index in [2.05, 4.69) is 37.2 Å². The van der Waals surface area contributed by atoms with E-state index in [4.69, 9.17) is 61.9 Å². The summed E-state index contributed by atoms with van der Waals surface area (Å²) in [5.74, 6) is -4.36. The van der Waals surface area contributed by atoms with Crippen LogP contribution < -0.4 is 37.2 Å². The molecule has 0 fully saturated rings. The second kappa shape index (κ2) is 62.5. The van der Waals surface area contributed by atoms with Gasteiger partial charge in [0.2, 0.25) is 47.6 Å². The fourth-order valence-electron chi connectivity index (χ4n) is 6.95. The van der Waals surface area contributed by atoms with Gasteiger partial charge in [-0.15, -0.1) is 0 Å². The molecule has 0 aliphatic carbocycles. The van der Waals surface area contributed by atoms with Crippen molar-refractivity contribution < 1.29 is 115 Å². The Labute approximate surface area is 504 Å². The first-order valence-corrected chi connectivity index (χ1v) is 29.5. The number of aliphatic carboxylic acids is 2. The summed E-state index contributed by atoms with van der Waals surface area (Å²) in [6, 6.07) is -1.17. The number of rotatable bonds is 66. The van der Waals surface area contributed by atoms with Gasteiger partial charge >= 0.3 is 11.9 Å². The van der Waals surface area contributed by atoms with Crippen LogP contribution in [0.1, 0.15) is 89.9 Å². The third kappa shape index (κ3) is 61.5. The SMILES string of the molecule is O=[C]COCCOCCNC(=O)COCCOCCNC(=O)COCCOCCNC(=O)COCCOCCNC(=O)COCCOCCNC(=O)COCCOCCNC(=O)CC[C@H](NC(=O)CCCCCCCCCCCCC(=O)O)C(=O)O. The van der Waals surface area contributed by atoms with Crippen LogP contribution in [0, 0.1) is 0 Å². The summed E-state index contributed by atoms with van der Waals surface area (Å²) in [5, 5.41) is 36.5. The van der Waals surface area contributed by atoms with Gasteiger partial charge in [0, 0.05) is 58.5 Å². The molecule has 0 aliphatic rings. The van der Waals surface area contributed by atoms with Gasteiger partial charge in [-0.25, -0.2) is 4.79 Å². The molecule has 7 amide bonds. The molecule has 0 saturated heterocycles. The van der Waals surface area contributed by atoms with Crippen molar-refractivity contribution in [1.82, 2.24) is 37.2 Å². The predicted molar refractivity (Wildman–Crippen MR) is 305 cm³/mol. The van der Waals surface area contributed by atoms with Crippen LogP contribution in [0.25, 0.3) is 0 Å². The van der Waals surface area contributed by atoms with Crippen LogP contribution >= 0.6 is 0 Å². The van der Waals surface area contributed by atoms with Gasteiger partial charge in [0.05, 0.1) is 119 Å². The minimum absolute atomic E-state index is 0.0554. The number of unbranched alkanes of at least 4 members (excludes halogenated alkanes) is 9. The maximum Gasteiger partial charge on any atom is 0.326 e. The van der Waals surface area contributed by atoms with Crippen LogP contribution in [-0.2, 0) is 105 Å². The topological polar surface area (TPSA) is 406 Å². The molecule has 0 aromatic heterocycles. The molecule has 497 valence electrons. The molecule has 9 N–H and O–H groups in total. The van der Waals surface area contributed by atoms with Crippen LogP contribution in [0.15, 0.2) is 0 Å². The number of carbonyl (C=O) groups is 9. The Morgan fingerprint density at radius 3 is 0.860 bits per heavy atom. The summed E-state index contributed by atoms with van der Waals surface area (Å²) < 4.78 is 63.4. The Balaban J connectivity index is 3.54. The summed E-state index contributed by atoms with van der Waals surface area (Å²) >= 11 is 0. The summed E-state index contributed by atoms with van der Waals surface area (Å²) in [6.45, 7) is 4.36. The van der Waals surface area contributed by atoms with E-state index in [-0.39, 0.29) is 245 Å². The van der Waals surface area contributed by atoms with Gasteiger partial charge < -0.3 is 104 Å². The number of carboxylic acids is 2. The summed E-state index contributed by atoms with van der Waals surface area (Å²) in [5.41, 5.74) is 0. The Bertz CT molecular complexity index is 1770. The fraction of sp³-hybridized carbons (Fsp3) is 0.818. The summed E-state index contributed by atoms with van der Waals surface area (Å²) in [7, 11) is 0. The highest BCUT2D eigenvalue weighted by molar-refractivity contribution is 5.84. The quantitative estimate of drug-likeness (QED) is 0.0301. The number of hydrogen-bond donors (Lipinski definition) is 9. The number of carboxylic acid groups (broad SMARTS) is 2. The lowest BCUT2D eigenvalue weighted by Gasteiger charge is -2.14. The van der Waals surface area contributed by atoms with Gasteiger partial charge in [0.25, 0.3) is 0 Å². The highest BCUT2D eigenvalue weighted by Gasteiger charge is 2.21. The maximum atomic E-state index is 12.3. The normalized spacial score (nSPS) is 11.3. The molecule has 0 heterocycles. The van der Waals surface area contributed by atoms with Crippen LogP contribution in [-0.4, -0.2) is 274 Å². The molecular weight excluding hydrogens is 1140 g/mol. The molecule has 31 nitrogen and oxygen atoms in total. The smallest absolute Gasteiger partial charge is 0.326 e. The van der Waals surface area contributed by atoms with Gasteiger partial charge in [-0.05, 0) is 19.3 Å². The Morgan fingerprint density at radius 1 is 0.302 bits per heavy atom. The minimum Gasteiger partial charge on any atom is -0.481 e. The highest BCUT2D eigenvalue weighted by Crippen LogP contribution is 2.12. The molecule has 0 spiro atoms. The fourth-order valence-corrected chi connectivity index (χ4v) is 6.95. The average molecular weight is 1240 g/mol. The van der Waals surface area contributed by atoms with E-state index in [9.17, 15) is 53.1 Å². The van der Waals surface area contributed by atoms with E-state index in [1.807, 2.05) is 0 Å². The molecular formula is C55H98N7O24. The second-order valence-electron chi connectivity index (χ2n) is 18.7. The Morgan fingerprint density at radius 2 is 0.570 bits per heavy atom. The van der Waals surface area contributed by atoms with Crippen molar-refractivity contribution in [1.29, 1.82) is 0 Å². The molecule has 0 aliphatic heterocycles. The van der Waals surface area contributed by atoms with Gasteiger partial charge in [-0.2, -0.15) is 0 Å². The van der Waals surface area contributed by atoms with Crippen LogP contribution in [0.3, 0.4) is 0 Å². The monoisotopic (exact) mass is 1240 g/mol. The molecule has 0 aromatic carbocycles. The van der Waals surface area contributed by atoms with Crippen molar-refractivity contribution in [2.24, 2.45) is 0 Å². The second-order valence-corrected chi connectivity index (χ2v) is 18.7. The van der Waals surface area contributed by atoms with E-state index in [0.717, 1.165) is 51.4 Å². The van der Waals surface area contributed by atoms with E-state index < -0.39 is 18.0 Å². The van der Waals surface area contributed by atoms with Crippen LogP contribution in [0.5, 0.6) is 0 Å². The van der Waals surface area contributed by atoms with Gasteiger partial charge in [0.1, 0.15) is 45.7 Å². The van der Waals surface area contributed by atoms with Crippen molar-refractivity contribution in [3.8, 4) is 0 Å². The van der Waals surface area contributed by atoms with Gasteiger partial charge in [-0.3, -0.25) is 43.2 Å². The maximum absolute atomic E-state index is 12.3. The predicted octanol–water partition coefficient (Wildman–Crippen LogP) is -1.89. The van der Waals surface area contributed by atoms with E-state index in [0.29, 0.717) is 32.6 Å². The molecule has 0 unspecified atom stereocenters. The highest BCUT2D eigenvalue weighted by atomic mass is 16.6. The molecule has 0 rings (SSSR count). The first-order valence-electron chi connectivity index (χ1n) is 29.5. The van der Waals surface area contributed by atoms with E-state index in [1.54, 1.807) is 6.29 Å². The van der Waals surface area contributed by atoms with Gasteiger partial charge in [0.15, 0.2) is 0 Å². The number of carbonyl (C=O) groups excluding carboxylic acids is 8. The van der Waals surface area contributed by atoms with Crippen molar-refractivity contribution in [2.75, 3.05) is 198 Å². The molecule has 0 bridgehead atoms. The lowest BCUT2D eigenvalue weighted by atomic mass is 10.0. The zero-order chi connectivity index (χ0) is 63.0. The third-order valence-corrected chi connectivity index (χ3v) is 11.3. The Hall–Kier alpha value is -5.58. The summed E-state index contributed by atoms with van der Waals surface area (Å²) in [6.07, 6.45) is 11.4. The number of nitrogens with one attached hydrogen (secondary N) is 7. The van der Waals surface area contributed by atoms with Crippen molar-refractivity contribution in [3.05, 3.63) is 0 Å². The van der Waals surface area contributed by atoms with E-state index >= 15 is 0 Å². The average Bonchev–Trinajstić information content (AvgIpc) is 3.54. The van der Waals surface area contributed by atoms with Crippen molar-refractivity contribution in [2.45, 2.75) is 95.9 Å². The lowest BCUT2D eigenvalue weighted by Crippen LogP contribution is -2.41. The summed E-state index contributed by atoms with van der Waals surface area (Å²) in [4.78, 5) is 116. The molecule has 86 heavy (non-hydrogen) atoms. The van der Waals surface area contributed by atoms with Crippen molar-refractivity contribution in [3.63, 3.8) is 0 Å². The molecule has 0 saturated carbocycles. The number of hydrogen-bond acceptors (Lipinski definition) is 22. The third-order valence-electron chi connectivity index (χ3n) is 11.3. The van der Waals surface area contributed by atoms with Crippen LogP contribution in [0.2, 0.25) is 0 Å². The molecule has 1 atom stereocenters. The lowest BCUT2D eigenvalue weighted by molar-refractivity contribution is -0.142. The van der Waals surface area contributed by atoms with E-state index in [1.165, 1.54) is 0 Å². The largest absolute Gasteiger partial charge is 0.481 e. The zero-order valence-electron chi connectivity index (χ0n) is 50.1. The number of amides is 7. The molecule has 1 radical (unpaired) electrons. The number of ether oxygens (including phenoxy) is 12. The first-order chi connectivity index (χ1) is 41.8. The molecule has 0 aromatic rings. The first kappa shape index (κ1) is 80.4. The van der Waals surface area contributed by atoms with Crippen molar-refractivity contribution >= 4 is 59.6 Å². The van der Waals surface area contributed by atoms with Gasteiger partial charge in [-0.1, -0.05) is 51.4 Å². The Kier molecular flexibility index (Phi) is 58.4. The van der Waals surface area contributed by atoms with Crippen LogP contribution in [0.4, 0.5) is 0 Å². The molecule has 31 heteroatoms. The standard InChI is InChI=1S/C55H98N7O24/c63-21-28-81-30-29-75-23-16-57-49(66)41-83-37-32-77-25-18-59-51(68)43-85-39-34-79-27-20-61-53(70)45-86-40-35-80-26-19-60-52(69)44-84-38-33-78-24-17-58-50(67)42-82-36-31-76-22-15-56-47(64)14-13-46(55(73)74)62-48(65)11-9-7-5-3-1-2-4-6-8-10-12-54(71)72/h46H,1-20,22-45H2,(H,56,64)(H,57,66)(H,58,67)(H,59,68)(H,60,69)(H,61,70)(H,62,65)(H,71,72)(H,73,74)/t46-/m0/s1.